The minimum Gasteiger partial charge on any atom is -0.497 e. The van der Waals surface area contributed by atoms with Gasteiger partial charge in [0.15, 0.2) is 0 Å². The second-order valence-corrected chi connectivity index (χ2v) is 8.91. The Morgan fingerprint density at radius 3 is 2.03 bits per heavy atom. The summed E-state index contributed by atoms with van der Waals surface area (Å²) in [6.07, 6.45) is 0. The predicted octanol–water partition coefficient (Wildman–Crippen LogP) is 4.99. The second-order valence-electron chi connectivity index (χ2n) is 7.08. The molecule has 8 heteroatoms. The summed E-state index contributed by atoms with van der Waals surface area (Å²) in [5.41, 5.74) is 1.43. The van der Waals surface area contributed by atoms with Crippen LogP contribution in [0.2, 0.25) is 0 Å². The number of benzene rings is 3. The van der Waals surface area contributed by atoms with Gasteiger partial charge in [0.1, 0.15) is 23.1 Å². The number of hydrogen-bond donors (Lipinski definition) is 0. The molecule has 31 heavy (non-hydrogen) atoms. The summed E-state index contributed by atoms with van der Waals surface area (Å²) >= 11 is 0. The lowest BCUT2D eigenvalue weighted by molar-refractivity contribution is 0.393. The molecule has 3 rings (SSSR count). The lowest BCUT2D eigenvalue weighted by Crippen LogP contribution is -2.31. The van der Waals surface area contributed by atoms with Gasteiger partial charge in [-0.3, -0.25) is 4.31 Å². The largest absolute Gasteiger partial charge is 0.497 e. The molecule has 0 spiro atoms. The van der Waals surface area contributed by atoms with Gasteiger partial charge in [0.2, 0.25) is 0 Å². The van der Waals surface area contributed by atoms with Gasteiger partial charge >= 0.3 is 0 Å². The first-order chi connectivity index (χ1) is 14.6. The lowest BCUT2D eigenvalue weighted by Gasteiger charge is -2.26. The van der Waals surface area contributed by atoms with Gasteiger partial charge in [-0.25, -0.2) is 17.2 Å². The maximum absolute atomic E-state index is 14.3. The third-order valence-electron chi connectivity index (χ3n) is 4.90. The Labute approximate surface area is 180 Å². The Hall–Kier alpha value is -3.13. The minimum atomic E-state index is -4.23. The molecule has 0 aromatic heterocycles. The van der Waals surface area contributed by atoms with Gasteiger partial charge < -0.3 is 9.47 Å². The Balaban J connectivity index is 2.18. The molecule has 0 fully saturated rings. The zero-order valence-corrected chi connectivity index (χ0v) is 18.5. The molecule has 3 aromatic rings. The van der Waals surface area contributed by atoms with Crippen molar-refractivity contribution in [2.75, 3.05) is 18.5 Å². The smallest absolute Gasteiger partial charge is 0.264 e. The average molecular weight is 448 g/mol. The monoisotopic (exact) mass is 447 g/mol. The molecule has 0 heterocycles. The van der Waals surface area contributed by atoms with Crippen molar-refractivity contribution in [3.8, 4) is 11.5 Å². The molecule has 0 amide bonds. The fourth-order valence-electron chi connectivity index (χ4n) is 3.15. The van der Waals surface area contributed by atoms with Gasteiger partial charge in [0.05, 0.1) is 31.3 Å². The maximum atomic E-state index is 14.3. The molecule has 0 atom stereocenters. The number of anilines is 1. The zero-order chi connectivity index (χ0) is 22.8. The number of sulfonamides is 1. The van der Waals surface area contributed by atoms with Gasteiger partial charge in [-0.1, -0.05) is 12.1 Å². The van der Waals surface area contributed by atoms with E-state index in [0.717, 1.165) is 16.4 Å². The molecule has 0 saturated heterocycles. The number of methoxy groups -OCH3 is 2. The van der Waals surface area contributed by atoms with Crippen LogP contribution in [0, 0.1) is 25.5 Å². The molecule has 0 bridgehead atoms. The summed E-state index contributed by atoms with van der Waals surface area (Å²) in [5.74, 6) is -0.272. The van der Waals surface area contributed by atoms with Crippen LogP contribution in [-0.4, -0.2) is 22.6 Å². The number of halogens is 2. The average Bonchev–Trinajstić information content (AvgIpc) is 2.75. The highest BCUT2D eigenvalue weighted by Gasteiger charge is 2.28. The topological polar surface area (TPSA) is 55.8 Å². The van der Waals surface area contributed by atoms with Crippen molar-refractivity contribution in [3.05, 3.63) is 82.9 Å². The standard InChI is InChI=1S/C23H23F2NO4S/c1-15-6-8-19(12-22(15)25)26(14-17-9-20(29-3)13-21(10-17)30-4)31(27,28)23-11-18(24)7-5-16(23)2/h5-13H,14H2,1-4H3. The Morgan fingerprint density at radius 1 is 0.839 bits per heavy atom. The quantitative estimate of drug-likeness (QED) is 0.512. The van der Waals surface area contributed by atoms with Crippen LogP contribution >= 0.6 is 0 Å². The Kier molecular flexibility index (Phi) is 6.50. The first-order valence-corrected chi connectivity index (χ1v) is 10.9. The van der Waals surface area contributed by atoms with Gasteiger partial charge in [0, 0.05) is 6.07 Å². The molecular formula is C23H23F2NO4S. The van der Waals surface area contributed by atoms with Crippen LogP contribution in [0.25, 0.3) is 0 Å². The van der Waals surface area contributed by atoms with Gasteiger partial charge in [0.25, 0.3) is 10.0 Å². The molecule has 0 aliphatic heterocycles. The van der Waals surface area contributed by atoms with Crippen LogP contribution < -0.4 is 13.8 Å². The lowest BCUT2D eigenvalue weighted by atomic mass is 10.1. The highest BCUT2D eigenvalue weighted by molar-refractivity contribution is 7.92. The molecular weight excluding hydrogens is 424 g/mol. The van der Waals surface area contributed by atoms with E-state index >= 15 is 0 Å². The SMILES string of the molecule is COc1cc(CN(c2ccc(C)c(F)c2)S(=O)(=O)c2cc(F)ccc2C)cc(OC)c1. The van der Waals surface area contributed by atoms with Crippen LogP contribution in [0.15, 0.2) is 59.5 Å². The Bertz CT molecular complexity index is 1190. The minimum absolute atomic E-state index is 0.119. The first-order valence-electron chi connectivity index (χ1n) is 9.42. The molecule has 164 valence electrons. The zero-order valence-electron chi connectivity index (χ0n) is 17.6. The molecule has 0 N–H and O–H groups in total. The van der Waals surface area contributed by atoms with E-state index in [1.165, 1.54) is 38.5 Å². The summed E-state index contributed by atoms with van der Waals surface area (Å²) in [6, 6.07) is 12.7. The molecule has 3 aromatic carbocycles. The molecule has 0 aliphatic rings. The van der Waals surface area contributed by atoms with Crippen LogP contribution in [0.5, 0.6) is 11.5 Å². The predicted molar refractivity (Wildman–Crippen MR) is 115 cm³/mol. The molecule has 5 nitrogen and oxygen atoms in total. The summed E-state index contributed by atoms with van der Waals surface area (Å²) in [4.78, 5) is -0.191. The first kappa shape index (κ1) is 22.6. The molecule has 0 saturated carbocycles. The Morgan fingerprint density at radius 2 is 1.45 bits per heavy atom. The summed E-state index contributed by atoms with van der Waals surface area (Å²) in [5, 5.41) is 0. The van der Waals surface area contributed by atoms with E-state index in [1.807, 2.05) is 0 Å². The van der Waals surface area contributed by atoms with Gasteiger partial charge in [-0.15, -0.1) is 0 Å². The number of nitrogens with zero attached hydrogens (tertiary/aromatic N) is 1. The van der Waals surface area contributed by atoms with E-state index in [2.05, 4.69) is 0 Å². The van der Waals surface area contributed by atoms with Crippen molar-refractivity contribution in [3.63, 3.8) is 0 Å². The van der Waals surface area contributed by atoms with Gasteiger partial charge in [-0.2, -0.15) is 0 Å². The van der Waals surface area contributed by atoms with Crippen LogP contribution in [-0.2, 0) is 16.6 Å². The normalized spacial score (nSPS) is 11.3. The summed E-state index contributed by atoms with van der Waals surface area (Å²) in [6.45, 7) is 3.02. The number of ether oxygens (including phenoxy) is 2. The van der Waals surface area contributed by atoms with Crippen LogP contribution in [0.1, 0.15) is 16.7 Å². The van der Waals surface area contributed by atoms with E-state index in [9.17, 15) is 17.2 Å². The highest BCUT2D eigenvalue weighted by Crippen LogP contribution is 2.31. The highest BCUT2D eigenvalue weighted by atomic mass is 32.2. The van der Waals surface area contributed by atoms with Crippen LogP contribution in [0.4, 0.5) is 14.5 Å². The number of aryl methyl sites for hydroxylation is 2. The van der Waals surface area contributed by atoms with Crippen molar-refractivity contribution in [2.24, 2.45) is 0 Å². The van der Waals surface area contributed by atoms with Crippen molar-refractivity contribution in [1.82, 2.24) is 0 Å². The van der Waals surface area contributed by atoms with E-state index in [0.29, 0.717) is 28.2 Å². The summed E-state index contributed by atoms with van der Waals surface area (Å²) < 4.78 is 67.0. The number of hydrogen-bond acceptors (Lipinski definition) is 4. The molecule has 0 radical (unpaired) electrons. The second kappa shape index (κ2) is 8.93. The maximum Gasteiger partial charge on any atom is 0.264 e. The van der Waals surface area contributed by atoms with E-state index in [-0.39, 0.29) is 17.1 Å². The van der Waals surface area contributed by atoms with Gasteiger partial charge in [-0.05, 0) is 66.9 Å². The number of rotatable bonds is 7. The third kappa shape index (κ3) is 4.80. The van der Waals surface area contributed by atoms with Crippen molar-refractivity contribution in [2.45, 2.75) is 25.3 Å². The molecule has 0 unspecified atom stereocenters. The van der Waals surface area contributed by atoms with Crippen molar-refractivity contribution < 1.29 is 26.7 Å². The van der Waals surface area contributed by atoms with Crippen LogP contribution in [0.3, 0.4) is 0 Å². The summed E-state index contributed by atoms with van der Waals surface area (Å²) in [7, 11) is -1.26. The third-order valence-corrected chi connectivity index (χ3v) is 6.81. The van der Waals surface area contributed by atoms with E-state index in [1.54, 1.807) is 32.0 Å². The molecule has 0 aliphatic carbocycles. The van der Waals surface area contributed by atoms with Crippen molar-refractivity contribution in [1.29, 1.82) is 0 Å². The fraction of sp³-hybridized carbons (Fsp3) is 0.217. The van der Waals surface area contributed by atoms with Crippen molar-refractivity contribution >= 4 is 15.7 Å². The van der Waals surface area contributed by atoms with E-state index < -0.39 is 21.7 Å². The fourth-order valence-corrected chi connectivity index (χ4v) is 4.83. The van der Waals surface area contributed by atoms with E-state index in [4.69, 9.17) is 9.47 Å².